The zero-order valence-corrected chi connectivity index (χ0v) is 11.6. The summed E-state index contributed by atoms with van der Waals surface area (Å²) < 4.78 is 0. The van der Waals surface area contributed by atoms with E-state index in [4.69, 9.17) is 11.5 Å². The molecule has 0 aliphatic heterocycles. The normalized spacial score (nSPS) is 10.2. The van der Waals surface area contributed by atoms with Gasteiger partial charge >= 0.3 is 0 Å². The number of rotatable bonds is 5. The number of nitrogens with two attached hydrogens (primary N) is 2. The van der Waals surface area contributed by atoms with E-state index in [1.54, 1.807) is 0 Å². The maximum Gasteiger partial charge on any atom is 0.225 e. The average molecular weight is 289 g/mol. The second kappa shape index (κ2) is 6.76. The van der Waals surface area contributed by atoms with Gasteiger partial charge in [0.15, 0.2) is 5.16 Å². The molecule has 0 atom stereocenters. The largest absolute Gasteiger partial charge is 0.383 e. The summed E-state index contributed by atoms with van der Waals surface area (Å²) in [5.41, 5.74) is 11.9. The Morgan fingerprint density at radius 1 is 1.15 bits per heavy atom. The first-order chi connectivity index (χ1) is 9.63. The Balaban J connectivity index is 1.79. The molecule has 104 valence electrons. The second-order valence-electron chi connectivity index (χ2n) is 4.01. The third-order valence-electron chi connectivity index (χ3n) is 2.36. The van der Waals surface area contributed by atoms with Gasteiger partial charge in [-0.2, -0.15) is 0 Å². The highest BCUT2D eigenvalue weighted by Gasteiger charge is 2.05. The number of carbonyl (C=O) groups is 1. The number of hydrogen-bond donors (Lipinski definition) is 3. The molecular formula is C13H15N5OS. The average Bonchev–Trinajstić information content (AvgIpc) is 2.38. The molecule has 5 N–H and O–H groups in total. The van der Waals surface area contributed by atoms with Crippen LogP contribution in [0.4, 0.5) is 17.3 Å². The molecule has 0 unspecified atom stereocenters. The molecule has 0 saturated heterocycles. The van der Waals surface area contributed by atoms with Crippen molar-refractivity contribution in [2.75, 3.05) is 22.5 Å². The van der Waals surface area contributed by atoms with Crippen molar-refractivity contribution >= 4 is 35.0 Å². The topological polar surface area (TPSA) is 107 Å². The Morgan fingerprint density at radius 3 is 2.45 bits per heavy atom. The van der Waals surface area contributed by atoms with Gasteiger partial charge in [-0.3, -0.25) is 4.79 Å². The van der Waals surface area contributed by atoms with Crippen LogP contribution in [0.25, 0.3) is 0 Å². The summed E-state index contributed by atoms with van der Waals surface area (Å²) in [4.78, 5) is 19.8. The summed E-state index contributed by atoms with van der Waals surface area (Å²) in [7, 11) is 0. The third kappa shape index (κ3) is 4.43. The maximum atomic E-state index is 11.7. The highest BCUT2D eigenvalue weighted by molar-refractivity contribution is 7.99. The summed E-state index contributed by atoms with van der Waals surface area (Å²) >= 11 is 1.34. The predicted octanol–water partition coefficient (Wildman–Crippen LogP) is 1.76. The van der Waals surface area contributed by atoms with E-state index in [1.165, 1.54) is 17.8 Å². The van der Waals surface area contributed by atoms with Crippen molar-refractivity contribution in [3.8, 4) is 0 Å². The van der Waals surface area contributed by atoms with E-state index in [2.05, 4.69) is 15.3 Å². The summed E-state index contributed by atoms with van der Waals surface area (Å²) in [5.74, 6) is 1.16. The van der Waals surface area contributed by atoms with Gasteiger partial charge in [0, 0.05) is 23.9 Å². The lowest BCUT2D eigenvalue weighted by molar-refractivity contribution is -0.115. The minimum atomic E-state index is -0.0550. The Bertz CT molecular complexity index is 570. The van der Waals surface area contributed by atoms with Crippen LogP contribution in [0.15, 0.2) is 41.6 Å². The fourth-order valence-electron chi connectivity index (χ4n) is 1.51. The predicted molar refractivity (Wildman–Crippen MR) is 81.3 cm³/mol. The second-order valence-corrected chi connectivity index (χ2v) is 5.07. The lowest BCUT2D eigenvalue weighted by atomic mass is 10.3. The fraction of sp³-hybridized carbons (Fsp3) is 0.154. The molecule has 0 aliphatic carbocycles. The number of carbonyl (C=O) groups excluding carboxylic acids is 1. The van der Waals surface area contributed by atoms with Crippen molar-refractivity contribution in [2.24, 2.45) is 0 Å². The van der Waals surface area contributed by atoms with E-state index in [-0.39, 0.29) is 5.91 Å². The van der Waals surface area contributed by atoms with Crippen LogP contribution in [0, 0.1) is 0 Å². The molecule has 0 saturated carbocycles. The van der Waals surface area contributed by atoms with E-state index in [0.29, 0.717) is 29.0 Å². The van der Waals surface area contributed by atoms with Crippen LogP contribution in [0.3, 0.4) is 0 Å². The molecular weight excluding hydrogens is 274 g/mol. The molecule has 1 aromatic carbocycles. The van der Waals surface area contributed by atoms with Crippen LogP contribution < -0.4 is 16.8 Å². The van der Waals surface area contributed by atoms with Crippen LogP contribution in [-0.2, 0) is 4.79 Å². The van der Waals surface area contributed by atoms with E-state index in [0.717, 1.165) is 5.69 Å². The number of aromatic nitrogens is 2. The first-order valence-corrected chi connectivity index (χ1v) is 7.00. The van der Waals surface area contributed by atoms with Gasteiger partial charge in [-0.1, -0.05) is 30.0 Å². The number of amides is 1. The number of nitrogens with one attached hydrogen (secondary N) is 1. The molecule has 0 aliphatic rings. The molecule has 6 nitrogen and oxygen atoms in total. The number of hydrogen-bond acceptors (Lipinski definition) is 6. The lowest BCUT2D eigenvalue weighted by Crippen LogP contribution is -2.12. The van der Waals surface area contributed by atoms with Crippen LogP contribution in [-0.4, -0.2) is 21.6 Å². The Hall–Kier alpha value is -2.28. The molecule has 0 spiro atoms. The Kier molecular flexibility index (Phi) is 4.78. The van der Waals surface area contributed by atoms with Crippen molar-refractivity contribution in [3.63, 3.8) is 0 Å². The van der Waals surface area contributed by atoms with Crippen molar-refractivity contribution in [1.29, 1.82) is 0 Å². The van der Waals surface area contributed by atoms with Crippen molar-refractivity contribution in [3.05, 3.63) is 36.4 Å². The van der Waals surface area contributed by atoms with E-state index in [1.807, 2.05) is 30.3 Å². The molecule has 1 aromatic heterocycles. The van der Waals surface area contributed by atoms with Gasteiger partial charge in [0.25, 0.3) is 0 Å². The number of thioether (sulfide) groups is 1. The van der Waals surface area contributed by atoms with E-state index in [9.17, 15) is 4.79 Å². The van der Waals surface area contributed by atoms with Gasteiger partial charge in [0.2, 0.25) is 5.91 Å². The molecule has 1 amide bonds. The summed E-state index contributed by atoms with van der Waals surface area (Å²) in [5, 5.41) is 3.29. The van der Waals surface area contributed by atoms with Crippen LogP contribution >= 0.6 is 11.8 Å². The monoisotopic (exact) mass is 289 g/mol. The number of benzene rings is 1. The first-order valence-electron chi connectivity index (χ1n) is 6.01. The van der Waals surface area contributed by atoms with E-state index < -0.39 is 0 Å². The van der Waals surface area contributed by atoms with Gasteiger partial charge < -0.3 is 16.8 Å². The SMILES string of the molecule is Nc1cc(N)nc(SCCC(=O)Nc2ccccc2)n1. The third-order valence-corrected chi connectivity index (χ3v) is 3.21. The van der Waals surface area contributed by atoms with Crippen molar-refractivity contribution < 1.29 is 4.79 Å². The quantitative estimate of drug-likeness (QED) is 0.572. The highest BCUT2D eigenvalue weighted by Crippen LogP contribution is 2.17. The Morgan fingerprint density at radius 2 is 1.80 bits per heavy atom. The zero-order chi connectivity index (χ0) is 14.4. The minimum Gasteiger partial charge on any atom is -0.383 e. The van der Waals surface area contributed by atoms with Gasteiger partial charge in [0.1, 0.15) is 11.6 Å². The fourth-order valence-corrected chi connectivity index (χ4v) is 2.32. The van der Waals surface area contributed by atoms with Crippen LogP contribution in [0.5, 0.6) is 0 Å². The lowest BCUT2D eigenvalue weighted by Gasteiger charge is -2.05. The van der Waals surface area contributed by atoms with Gasteiger partial charge in [0.05, 0.1) is 0 Å². The number of anilines is 3. The first kappa shape index (κ1) is 14.1. The van der Waals surface area contributed by atoms with Crippen molar-refractivity contribution in [1.82, 2.24) is 9.97 Å². The minimum absolute atomic E-state index is 0.0550. The molecule has 1 heterocycles. The van der Waals surface area contributed by atoms with Gasteiger partial charge in [-0.25, -0.2) is 9.97 Å². The molecule has 0 fully saturated rings. The van der Waals surface area contributed by atoms with Gasteiger partial charge in [-0.15, -0.1) is 0 Å². The number of para-hydroxylation sites is 1. The highest BCUT2D eigenvalue weighted by atomic mass is 32.2. The summed E-state index contributed by atoms with van der Waals surface area (Å²) in [6, 6.07) is 10.8. The molecule has 0 bridgehead atoms. The van der Waals surface area contributed by atoms with Crippen molar-refractivity contribution in [2.45, 2.75) is 11.6 Å². The smallest absolute Gasteiger partial charge is 0.225 e. The summed E-state index contributed by atoms with van der Waals surface area (Å²) in [6.07, 6.45) is 0.359. The van der Waals surface area contributed by atoms with E-state index >= 15 is 0 Å². The standard InChI is InChI=1S/C13H15N5OS/c14-10-8-11(15)18-13(17-10)20-7-6-12(19)16-9-4-2-1-3-5-9/h1-5,8H,6-7H2,(H,16,19)(H4,14,15,17,18). The Labute approximate surface area is 121 Å². The van der Waals surface area contributed by atoms with Crippen LogP contribution in [0.2, 0.25) is 0 Å². The zero-order valence-electron chi connectivity index (χ0n) is 10.7. The molecule has 2 aromatic rings. The molecule has 0 radical (unpaired) electrons. The molecule has 7 heteroatoms. The molecule has 20 heavy (non-hydrogen) atoms. The molecule has 2 rings (SSSR count). The number of nitrogens with zero attached hydrogens (tertiary/aromatic N) is 2. The summed E-state index contributed by atoms with van der Waals surface area (Å²) in [6.45, 7) is 0. The maximum absolute atomic E-state index is 11.7. The van der Waals surface area contributed by atoms with Gasteiger partial charge in [-0.05, 0) is 12.1 Å². The van der Waals surface area contributed by atoms with Crippen LogP contribution in [0.1, 0.15) is 6.42 Å². The number of nitrogen functional groups attached to an aromatic ring is 2.